The first kappa shape index (κ1) is 44.1. The van der Waals surface area contributed by atoms with E-state index >= 15 is 0 Å². The third-order valence-corrected chi connectivity index (χ3v) is 11.2. The first-order valence-corrected chi connectivity index (χ1v) is 21.1. The SMILES string of the molecule is COc1cc(/N=N/c2ccc(S(=O)(=O)O)cc2C(=O)O)c(C)cc1/N=N/c1c(S(=O)(=O)O)cc2cc(/N=N/C3C(=O)N(c4ccc(S(=O)(=O)O)cc4)N=C3C(=O)O)ccc2c1O. The Balaban J connectivity index is 1.30. The van der Waals surface area contributed by atoms with Crippen LogP contribution in [0.5, 0.6) is 11.5 Å². The van der Waals surface area contributed by atoms with Crippen molar-refractivity contribution in [3.8, 4) is 11.5 Å². The Morgan fingerprint density at radius 2 is 1.34 bits per heavy atom. The lowest BCUT2D eigenvalue weighted by Gasteiger charge is -2.12. The average molecular weight is 911 g/mol. The van der Waals surface area contributed by atoms with Gasteiger partial charge in [0.25, 0.3) is 36.3 Å². The summed E-state index contributed by atoms with van der Waals surface area (Å²) in [4.78, 5) is 34.8. The second kappa shape index (κ2) is 16.6. The fourth-order valence-electron chi connectivity index (χ4n) is 5.63. The van der Waals surface area contributed by atoms with Crippen molar-refractivity contribution in [1.29, 1.82) is 0 Å². The lowest BCUT2D eigenvalue weighted by atomic mass is 10.1. The number of hydrogen-bond donors (Lipinski definition) is 6. The molecule has 1 unspecified atom stereocenters. The molecule has 320 valence electrons. The number of carbonyl (C=O) groups excluding carboxylic acids is 1. The molecule has 6 N–H and O–H groups in total. The Morgan fingerprint density at radius 3 is 1.94 bits per heavy atom. The number of aryl methyl sites for hydroxylation is 1. The lowest BCUT2D eigenvalue weighted by molar-refractivity contribution is -0.130. The molecule has 0 saturated heterocycles. The van der Waals surface area contributed by atoms with Gasteiger partial charge in [0.2, 0.25) is 6.04 Å². The number of carboxylic acids is 2. The number of anilines is 1. The number of methoxy groups -OCH3 is 1. The molecule has 24 nitrogen and oxygen atoms in total. The Labute approximate surface area is 348 Å². The van der Waals surface area contributed by atoms with Gasteiger partial charge in [0.05, 0.1) is 39.5 Å². The molecule has 6 rings (SSSR count). The normalized spacial score (nSPS) is 15.0. The summed E-state index contributed by atoms with van der Waals surface area (Å²) in [6.07, 6.45) is 0. The van der Waals surface area contributed by atoms with E-state index in [1.54, 1.807) is 0 Å². The molecule has 1 atom stereocenters. The molecule has 1 aliphatic rings. The Bertz CT molecular complexity index is 3210. The summed E-state index contributed by atoms with van der Waals surface area (Å²) in [7, 11) is -13.2. The van der Waals surface area contributed by atoms with Crippen LogP contribution < -0.4 is 9.75 Å². The number of benzene rings is 5. The van der Waals surface area contributed by atoms with Crippen molar-refractivity contribution in [1.82, 2.24) is 0 Å². The van der Waals surface area contributed by atoms with Gasteiger partial charge in [-0.2, -0.15) is 50.7 Å². The number of nitrogens with zero attached hydrogens (tertiary/aromatic N) is 8. The van der Waals surface area contributed by atoms with Crippen molar-refractivity contribution < 1.29 is 73.4 Å². The van der Waals surface area contributed by atoms with Crippen LogP contribution in [-0.2, 0) is 39.9 Å². The van der Waals surface area contributed by atoms with E-state index in [0.717, 1.165) is 42.5 Å². The van der Waals surface area contributed by atoms with Crippen LogP contribution in [0.2, 0.25) is 0 Å². The quantitative estimate of drug-likeness (QED) is 0.0576. The van der Waals surface area contributed by atoms with Gasteiger partial charge in [-0.15, -0.1) is 15.3 Å². The van der Waals surface area contributed by atoms with Crippen LogP contribution in [0.3, 0.4) is 0 Å². The molecule has 1 amide bonds. The number of aromatic carboxylic acids is 1. The molecular formula is C35H26N8O16S3. The maximum atomic E-state index is 13.2. The summed E-state index contributed by atoms with van der Waals surface area (Å²) in [5.74, 6) is -5.02. The van der Waals surface area contributed by atoms with E-state index in [1.165, 1.54) is 44.4 Å². The maximum Gasteiger partial charge on any atom is 0.355 e. The van der Waals surface area contributed by atoms with Crippen LogP contribution in [0.15, 0.2) is 129 Å². The van der Waals surface area contributed by atoms with Gasteiger partial charge >= 0.3 is 11.9 Å². The van der Waals surface area contributed by atoms with E-state index in [0.29, 0.717) is 16.6 Å². The summed E-state index contributed by atoms with van der Waals surface area (Å²) in [5.41, 5.74) is -2.10. The lowest BCUT2D eigenvalue weighted by Crippen LogP contribution is -2.33. The third-order valence-electron chi connectivity index (χ3n) is 8.63. The summed E-state index contributed by atoms with van der Waals surface area (Å²) in [6.45, 7) is 1.53. The molecule has 62 heavy (non-hydrogen) atoms. The van der Waals surface area contributed by atoms with Gasteiger partial charge in [0.1, 0.15) is 27.7 Å². The fraction of sp³-hybridized carbons (Fsp3) is 0.0857. The number of rotatable bonds is 13. The number of hydrogen-bond acceptors (Lipinski definition) is 18. The zero-order valence-electron chi connectivity index (χ0n) is 31.2. The molecule has 0 saturated carbocycles. The van der Waals surface area contributed by atoms with Gasteiger partial charge in [-0.25, -0.2) is 9.59 Å². The second-order valence-electron chi connectivity index (χ2n) is 12.6. The molecule has 0 spiro atoms. The predicted molar refractivity (Wildman–Crippen MR) is 212 cm³/mol. The summed E-state index contributed by atoms with van der Waals surface area (Å²) >= 11 is 0. The standard InChI is InChI=1S/C35H26N8O16S3/c1-16-11-26(27(59-2)15-25(16)38-37-24-10-8-21(61(53,54)55)14-23(24)34(46)47)39-40-29-28(62(56,57)58)13-17-12-18(3-9-22(17)32(29)44)36-41-30-31(35(48)49)42-43(33(30)45)19-4-6-20(7-5-19)60(50,51)52/h3-15,30,44H,1-2H3,(H,46,47)(H,48,49)(H,50,51,52)(H,53,54,55)(H,56,57,58)/b38-37+,40-39+,41-36+. The molecular weight excluding hydrogens is 885 g/mol. The maximum absolute atomic E-state index is 13.2. The van der Waals surface area contributed by atoms with Gasteiger partial charge in [-0.1, -0.05) is 0 Å². The van der Waals surface area contributed by atoms with Crippen LogP contribution in [-0.4, -0.2) is 90.9 Å². The minimum atomic E-state index is -5.14. The first-order valence-electron chi connectivity index (χ1n) is 16.8. The summed E-state index contributed by atoms with van der Waals surface area (Å²) in [5, 5.41) is 58.3. The zero-order valence-corrected chi connectivity index (χ0v) is 33.6. The van der Waals surface area contributed by atoms with Gasteiger partial charge < -0.3 is 20.1 Å². The number of carbonyl (C=O) groups is 3. The molecule has 27 heteroatoms. The number of ether oxygens (including phenoxy) is 1. The Morgan fingerprint density at radius 1 is 0.710 bits per heavy atom. The highest BCUT2D eigenvalue weighted by molar-refractivity contribution is 7.86. The summed E-state index contributed by atoms with van der Waals surface area (Å²) in [6, 6.07) is 12.2. The largest absolute Gasteiger partial charge is 0.505 e. The van der Waals surface area contributed by atoms with Gasteiger partial charge in [-0.3, -0.25) is 18.5 Å². The molecule has 5 aromatic rings. The molecule has 1 aliphatic heterocycles. The van der Waals surface area contributed by atoms with Crippen molar-refractivity contribution in [2.75, 3.05) is 12.1 Å². The predicted octanol–water partition coefficient (Wildman–Crippen LogP) is 6.07. The highest BCUT2D eigenvalue weighted by Gasteiger charge is 2.41. The van der Waals surface area contributed by atoms with E-state index in [1.807, 2.05) is 0 Å². The third kappa shape index (κ3) is 9.16. The number of azo groups is 3. The van der Waals surface area contributed by atoms with Crippen LogP contribution in [0.4, 0.5) is 34.1 Å². The van der Waals surface area contributed by atoms with Gasteiger partial charge in [0, 0.05) is 11.5 Å². The first-order chi connectivity index (χ1) is 29.0. The second-order valence-corrected chi connectivity index (χ2v) is 16.9. The number of amides is 1. The van der Waals surface area contributed by atoms with Crippen LogP contribution in [0.1, 0.15) is 15.9 Å². The van der Waals surface area contributed by atoms with Crippen molar-refractivity contribution >= 4 is 98.8 Å². The topological polar surface area (TPSA) is 374 Å². The summed E-state index contributed by atoms with van der Waals surface area (Å²) < 4.78 is 105. The van der Waals surface area contributed by atoms with Crippen molar-refractivity contribution in [2.45, 2.75) is 27.7 Å². The number of phenolic OH excluding ortho intramolecular Hbond substituents is 1. The van der Waals surface area contributed by atoms with Crippen molar-refractivity contribution in [3.63, 3.8) is 0 Å². The van der Waals surface area contributed by atoms with E-state index in [9.17, 15) is 68.6 Å². The smallest absolute Gasteiger partial charge is 0.355 e. The molecule has 1 heterocycles. The Kier molecular flexibility index (Phi) is 11.8. The highest BCUT2D eigenvalue weighted by Crippen LogP contribution is 2.44. The van der Waals surface area contributed by atoms with Crippen molar-refractivity contribution in [2.24, 2.45) is 35.8 Å². The van der Waals surface area contributed by atoms with E-state index in [2.05, 4.69) is 35.8 Å². The van der Waals surface area contributed by atoms with Gasteiger partial charge in [-0.05, 0) is 90.7 Å². The molecule has 0 fully saturated rings. The molecule has 0 radical (unpaired) electrons. The number of fused-ring (bicyclic) bond motifs is 1. The Hall–Kier alpha value is -7.43. The monoisotopic (exact) mass is 910 g/mol. The van der Waals surface area contributed by atoms with Crippen LogP contribution >= 0.6 is 0 Å². The number of hydrazone groups is 1. The van der Waals surface area contributed by atoms with E-state index in [-0.39, 0.29) is 45.0 Å². The number of aliphatic carboxylic acids is 1. The molecule has 0 aliphatic carbocycles. The molecule has 0 bridgehead atoms. The zero-order chi connectivity index (χ0) is 45.5. The fourth-order valence-corrected chi connectivity index (χ4v) is 7.27. The van der Waals surface area contributed by atoms with Crippen LogP contribution in [0, 0.1) is 6.92 Å². The minimum absolute atomic E-state index is 0.0350. The minimum Gasteiger partial charge on any atom is -0.505 e. The van der Waals surface area contributed by atoms with E-state index < -0.39 is 91.6 Å². The van der Waals surface area contributed by atoms with E-state index in [4.69, 9.17) is 4.74 Å². The molecule has 0 aromatic heterocycles. The number of carboxylic acid groups (broad SMARTS) is 2. The number of aromatic hydroxyl groups is 1. The van der Waals surface area contributed by atoms with Gasteiger partial charge in [0.15, 0.2) is 11.5 Å². The van der Waals surface area contributed by atoms with Crippen molar-refractivity contribution in [3.05, 3.63) is 90.0 Å². The number of phenols is 1. The van der Waals surface area contributed by atoms with Crippen LogP contribution in [0.25, 0.3) is 10.8 Å². The average Bonchev–Trinajstić information content (AvgIpc) is 3.53. The molecule has 5 aromatic carbocycles. The highest BCUT2D eigenvalue weighted by atomic mass is 32.2.